The SMILES string of the molecule is N#Cc1cc(-c2cccc(-n3c4ccc(C#N)cc4c4cc(C#N)ccc43)c2)cc(-n2c3ccccc3c3ccccc32)c1.[C-]#[N+]c1cc(-c2cc(C#N)cc(-n3c4ccccc4c4ccccc43)c2)cc(-n2c3ccccc3c3ccccc32)c1. The van der Waals surface area contributed by atoms with E-state index in [1.807, 2.05) is 115 Å². The third-order valence-corrected chi connectivity index (χ3v) is 16.4. The smallest absolute Gasteiger partial charge is 0.189 e. The highest BCUT2D eigenvalue weighted by molar-refractivity contribution is 6.13. The van der Waals surface area contributed by atoms with Crippen LogP contribution in [0.4, 0.5) is 5.69 Å². The van der Waals surface area contributed by atoms with Crippen molar-refractivity contribution in [3.8, 4) is 69.3 Å². The minimum absolute atomic E-state index is 0.546. The molecule has 0 atom stereocenters. The Balaban J connectivity index is 0.000000145. The number of nitrogens with zero attached hydrogens (tertiary/aromatic N) is 9. The molecular weight excluding hydrogens is 1050 g/mol. The Morgan fingerprint density at radius 2 is 0.558 bits per heavy atom. The maximum Gasteiger partial charge on any atom is 0.189 e. The van der Waals surface area contributed by atoms with Crippen LogP contribution in [0.1, 0.15) is 22.3 Å². The quantitative estimate of drug-likeness (QED) is 0.154. The number of aromatic nitrogens is 4. The second-order valence-electron chi connectivity index (χ2n) is 21.3. The van der Waals surface area contributed by atoms with Gasteiger partial charge in [0.1, 0.15) is 0 Å². The minimum atomic E-state index is 0.546. The van der Waals surface area contributed by atoms with Crippen LogP contribution in [0.15, 0.2) is 261 Å². The van der Waals surface area contributed by atoms with Crippen molar-refractivity contribution >= 4 is 92.9 Å². The van der Waals surface area contributed by atoms with Crippen molar-refractivity contribution in [3.05, 3.63) is 295 Å². The lowest BCUT2D eigenvalue weighted by molar-refractivity contribution is 1.17. The van der Waals surface area contributed by atoms with Gasteiger partial charge in [0.05, 0.1) is 97.2 Å². The van der Waals surface area contributed by atoms with Gasteiger partial charge in [0.25, 0.3) is 0 Å². The van der Waals surface area contributed by atoms with Crippen molar-refractivity contribution in [2.24, 2.45) is 0 Å². The lowest BCUT2D eigenvalue weighted by Crippen LogP contribution is -1.97. The highest BCUT2D eigenvalue weighted by Crippen LogP contribution is 2.40. The first kappa shape index (κ1) is 50.3. The predicted molar refractivity (Wildman–Crippen MR) is 346 cm³/mol. The van der Waals surface area contributed by atoms with Gasteiger partial charge >= 0.3 is 0 Å². The molecule has 0 radical (unpaired) electrons. The van der Waals surface area contributed by atoms with Gasteiger partial charge in [-0.3, -0.25) is 0 Å². The summed E-state index contributed by atoms with van der Waals surface area (Å²) >= 11 is 0. The summed E-state index contributed by atoms with van der Waals surface area (Å²) in [4.78, 5) is 3.85. The molecule has 4 heterocycles. The standard InChI is InChI=1S/C39H21N5.C38H22N4/c40-22-25-12-14-38-34(18-25)35-19-26(23-41)13-15-39(35)43(38)30-7-5-6-28(20-30)29-16-27(24-42)17-31(21-29)44-36-10-3-1-8-32(36)33-9-2-4-11-37(33)44;1-40-28-20-27(22-30(23-28)42-37-16-8-4-12-33(37)34-13-5-9-17-38(34)42)26-18-25(24-39)19-29(21-26)41-35-14-6-2-10-31(35)32-11-3-7-15-36(32)41/h1-21H;2-23H. The van der Waals surface area contributed by atoms with Crippen LogP contribution in [0, 0.1) is 51.9 Å². The van der Waals surface area contributed by atoms with E-state index >= 15 is 0 Å². The zero-order valence-electron chi connectivity index (χ0n) is 45.9. The van der Waals surface area contributed by atoms with Crippen LogP contribution in [0.5, 0.6) is 0 Å². The number of rotatable bonds is 6. The predicted octanol–water partition coefficient (Wildman–Crippen LogP) is 19.1. The Hall–Kier alpha value is -12.7. The van der Waals surface area contributed by atoms with E-state index in [2.05, 4.69) is 193 Å². The average molecular weight is 1090 g/mol. The topological polar surface area (TPSA) is 119 Å². The van der Waals surface area contributed by atoms with E-state index in [1.165, 1.54) is 32.3 Å². The molecule has 0 aliphatic heterocycles. The normalized spacial score (nSPS) is 11.2. The highest BCUT2D eigenvalue weighted by atomic mass is 15.0. The number of para-hydroxylation sites is 6. The molecule has 16 rings (SSSR count). The molecule has 12 aromatic carbocycles. The summed E-state index contributed by atoms with van der Waals surface area (Å²) in [6.07, 6.45) is 0. The van der Waals surface area contributed by atoms with E-state index in [-0.39, 0.29) is 0 Å². The van der Waals surface area contributed by atoms with Gasteiger partial charge in [-0.15, -0.1) is 0 Å². The van der Waals surface area contributed by atoms with Crippen LogP contribution >= 0.6 is 0 Å². The van der Waals surface area contributed by atoms with E-state index < -0.39 is 0 Å². The second-order valence-corrected chi connectivity index (χ2v) is 21.3. The Kier molecular flexibility index (Phi) is 11.9. The van der Waals surface area contributed by atoms with Crippen LogP contribution in [0.3, 0.4) is 0 Å². The Morgan fingerprint density at radius 3 is 0.930 bits per heavy atom. The van der Waals surface area contributed by atoms with Crippen LogP contribution in [0.2, 0.25) is 0 Å². The van der Waals surface area contributed by atoms with Gasteiger partial charge in [-0.05, 0) is 162 Å². The molecule has 0 aliphatic carbocycles. The number of fused-ring (bicyclic) bond motifs is 12. The maximum absolute atomic E-state index is 10.1. The summed E-state index contributed by atoms with van der Waals surface area (Å²) < 4.78 is 8.84. The molecule has 0 saturated carbocycles. The van der Waals surface area contributed by atoms with Gasteiger partial charge in [0, 0.05) is 65.8 Å². The monoisotopic (exact) mass is 1090 g/mol. The summed E-state index contributed by atoms with van der Waals surface area (Å²) in [5.74, 6) is 0. The first-order valence-corrected chi connectivity index (χ1v) is 28.0. The molecule has 86 heavy (non-hydrogen) atoms. The van der Waals surface area contributed by atoms with Crippen LogP contribution in [-0.2, 0) is 0 Å². The van der Waals surface area contributed by atoms with Gasteiger partial charge < -0.3 is 18.3 Å². The fraction of sp³-hybridized carbons (Fsp3) is 0. The third kappa shape index (κ3) is 8.20. The molecular formula is C77H43N9. The zero-order chi connectivity index (χ0) is 58.0. The summed E-state index contributed by atoms with van der Waals surface area (Å²) in [5.41, 5.74) is 18.6. The van der Waals surface area contributed by atoms with Crippen LogP contribution in [-0.4, -0.2) is 18.3 Å². The maximum atomic E-state index is 10.1. The van der Waals surface area contributed by atoms with E-state index in [0.29, 0.717) is 27.9 Å². The lowest BCUT2D eigenvalue weighted by atomic mass is 10.0. The van der Waals surface area contributed by atoms with E-state index in [0.717, 1.165) is 99.9 Å². The Bertz CT molecular complexity index is 5350. The molecule has 0 bridgehead atoms. The lowest BCUT2D eigenvalue weighted by Gasteiger charge is -2.14. The second kappa shape index (κ2) is 20.4. The van der Waals surface area contributed by atoms with Gasteiger partial charge in [0.15, 0.2) is 5.69 Å². The molecule has 0 fully saturated rings. The molecule has 0 N–H and O–H groups in total. The fourth-order valence-electron chi connectivity index (χ4n) is 12.8. The summed E-state index contributed by atoms with van der Waals surface area (Å²) in [5, 5.41) is 48.2. The Labute approximate surface area is 493 Å². The molecule has 0 spiro atoms. The van der Waals surface area contributed by atoms with Crippen molar-refractivity contribution in [2.75, 3.05) is 0 Å². The summed E-state index contributed by atoms with van der Waals surface area (Å²) in [6.45, 7) is 7.93. The zero-order valence-corrected chi connectivity index (χ0v) is 45.9. The van der Waals surface area contributed by atoms with E-state index in [9.17, 15) is 21.0 Å². The number of benzene rings is 12. The Morgan fingerprint density at radius 1 is 0.244 bits per heavy atom. The molecule has 16 aromatic rings. The summed E-state index contributed by atoms with van der Waals surface area (Å²) in [6, 6.07) is 97.0. The van der Waals surface area contributed by atoms with E-state index in [4.69, 9.17) is 6.57 Å². The number of hydrogen-bond donors (Lipinski definition) is 0. The molecule has 0 saturated heterocycles. The molecule has 396 valence electrons. The number of nitriles is 4. The van der Waals surface area contributed by atoms with Gasteiger partial charge in [-0.1, -0.05) is 121 Å². The fourth-order valence-corrected chi connectivity index (χ4v) is 12.8. The van der Waals surface area contributed by atoms with Gasteiger partial charge in [-0.2, -0.15) is 21.0 Å². The first-order chi connectivity index (χ1) is 42.4. The molecule has 9 nitrogen and oxygen atoms in total. The van der Waals surface area contributed by atoms with Crippen molar-refractivity contribution in [2.45, 2.75) is 0 Å². The van der Waals surface area contributed by atoms with Crippen molar-refractivity contribution in [1.82, 2.24) is 18.3 Å². The highest BCUT2D eigenvalue weighted by Gasteiger charge is 2.20. The van der Waals surface area contributed by atoms with Crippen molar-refractivity contribution < 1.29 is 0 Å². The molecule has 0 amide bonds. The largest absolute Gasteiger partial charge is 0.310 e. The molecule has 0 aliphatic rings. The van der Waals surface area contributed by atoms with Crippen LogP contribution < -0.4 is 0 Å². The first-order valence-electron chi connectivity index (χ1n) is 28.0. The molecule has 0 unspecified atom stereocenters. The number of hydrogen-bond acceptors (Lipinski definition) is 4. The van der Waals surface area contributed by atoms with Crippen molar-refractivity contribution in [3.63, 3.8) is 0 Å². The summed E-state index contributed by atoms with van der Waals surface area (Å²) in [7, 11) is 0. The van der Waals surface area contributed by atoms with Crippen LogP contribution in [0.25, 0.3) is 137 Å². The minimum Gasteiger partial charge on any atom is -0.310 e. The van der Waals surface area contributed by atoms with Gasteiger partial charge in [0.2, 0.25) is 0 Å². The molecule has 9 heteroatoms. The third-order valence-electron chi connectivity index (χ3n) is 16.4. The van der Waals surface area contributed by atoms with E-state index in [1.54, 1.807) is 0 Å². The van der Waals surface area contributed by atoms with Gasteiger partial charge in [-0.25, -0.2) is 4.85 Å². The average Bonchev–Trinajstić information content (AvgIpc) is 1.78. The molecule has 4 aromatic heterocycles. The van der Waals surface area contributed by atoms with Crippen molar-refractivity contribution in [1.29, 1.82) is 21.0 Å².